The molecule has 0 bridgehead atoms. The van der Waals surface area contributed by atoms with Crippen LogP contribution in [0.4, 0.5) is 0 Å². The second-order valence-electron chi connectivity index (χ2n) is 6.44. The van der Waals surface area contributed by atoms with Crippen molar-refractivity contribution in [2.45, 2.75) is 32.0 Å². The van der Waals surface area contributed by atoms with E-state index in [1.54, 1.807) is 6.20 Å². The molecule has 2 saturated heterocycles. The maximum Gasteiger partial charge on any atom is 0.255 e. The summed E-state index contributed by atoms with van der Waals surface area (Å²) in [7, 11) is 0. The average molecular weight is 296 g/mol. The Kier molecular flexibility index (Phi) is 3.34. The fourth-order valence-corrected chi connectivity index (χ4v) is 3.75. The molecule has 22 heavy (non-hydrogen) atoms. The fourth-order valence-electron chi connectivity index (χ4n) is 3.75. The maximum atomic E-state index is 12.8. The van der Waals surface area contributed by atoms with Crippen LogP contribution in [0.2, 0.25) is 0 Å². The minimum atomic E-state index is 0.0938. The summed E-state index contributed by atoms with van der Waals surface area (Å²) in [6, 6.07) is 9.85. The van der Waals surface area contributed by atoms with E-state index in [0.29, 0.717) is 23.7 Å². The van der Waals surface area contributed by atoms with Gasteiger partial charge in [-0.1, -0.05) is 18.2 Å². The highest BCUT2D eigenvalue weighted by molar-refractivity contribution is 5.97. The quantitative estimate of drug-likeness (QED) is 0.812. The first-order valence-corrected chi connectivity index (χ1v) is 8.00. The summed E-state index contributed by atoms with van der Waals surface area (Å²) in [5, 5.41) is 1.01. The lowest BCUT2D eigenvalue weighted by atomic mass is 9.92. The Labute approximate surface area is 130 Å². The summed E-state index contributed by atoms with van der Waals surface area (Å²) in [4.78, 5) is 19.1. The van der Waals surface area contributed by atoms with Crippen LogP contribution in [0.3, 0.4) is 0 Å². The lowest BCUT2D eigenvalue weighted by Gasteiger charge is -2.34. The Morgan fingerprint density at radius 2 is 2.23 bits per heavy atom. The van der Waals surface area contributed by atoms with Crippen LogP contribution in [0.1, 0.15) is 30.1 Å². The SMILES string of the molecule is C[C@@H]1C[C@@H]2CN(C(=O)c3cnc4ccccc4c3)CC[C@@H]2O1. The van der Waals surface area contributed by atoms with Crippen molar-refractivity contribution in [3.8, 4) is 0 Å². The Morgan fingerprint density at radius 3 is 3.14 bits per heavy atom. The van der Waals surface area contributed by atoms with Crippen molar-refractivity contribution < 1.29 is 9.53 Å². The number of nitrogens with zero attached hydrogens (tertiary/aromatic N) is 2. The van der Waals surface area contributed by atoms with Crippen molar-refractivity contribution in [2.24, 2.45) is 5.92 Å². The Balaban J connectivity index is 1.55. The number of benzene rings is 1. The number of aromatic nitrogens is 1. The molecule has 1 aromatic heterocycles. The Hall–Kier alpha value is -1.94. The molecule has 4 heteroatoms. The van der Waals surface area contributed by atoms with E-state index in [1.807, 2.05) is 35.2 Å². The molecule has 2 aliphatic heterocycles. The van der Waals surface area contributed by atoms with E-state index in [4.69, 9.17) is 4.74 Å². The number of piperidine rings is 1. The van der Waals surface area contributed by atoms with Gasteiger partial charge in [-0.25, -0.2) is 0 Å². The molecular formula is C18H20N2O2. The lowest BCUT2D eigenvalue weighted by Crippen LogP contribution is -2.44. The van der Waals surface area contributed by atoms with Gasteiger partial charge in [0.2, 0.25) is 0 Å². The number of ether oxygens (including phenoxy) is 1. The number of fused-ring (bicyclic) bond motifs is 2. The lowest BCUT2D eigenvalue weighted by molar-refractivity contribution is 0.00865. The molecule has 0 aliphatic carbocycles. The van der Waals surface area contributed by atoms with Crippen molar-refractivity contribution in [1.82, 2.24) is 9.88 Å². The van der Waals surface area contributed by atoms with Crippen molar-refractivity contribution >= 4 is 16.8 Å². The first-order valence-electron chi connectivity index (χ1n) is 8.00. The molecule has 2 aliphatic rings. The second-order valence-corrected chi connectivity index (χ2v) is 6.44. The van der Waals surface area contributed by atoms with Crippen LogP contribution in [-0.2, 0) is 4.74 Å². The molecule has 0 N–H and O–H groups in total. The highest BCUT2D eigenvalue weighted by Gasteiger charge is 2.38. The summed E-state index contributed by atoms with van der Waals surface area (Å²) in [6.45, 7) is 3.71. The van der Waals surface area contributed by atoms with Crippen molar-refractivity contribution in [3.63, 3.8) is 0 Å². The third-order valence-corrected chi connectivity index (χ3v) is 4.83. The molecule has 0 saturated carbocycles. The largest absolute Gasteiger partial charge is 0.375 e. The standard InChI is InChI=1S/C18H20N2O2/c1-12-8-15-11-20(7-6-17(15)22-12)18(21)14-9-13-4-2-3-5-16(13)19-10-14/h2-5,9-10,12,15,17H,6-8,11H2,1H3/t12-,15-,17+/m1/s1. The molecule has 1 amide bonds. The zero-order valence-corrected chi connectivity index (χ0v) is 12.7. The molecule has 4 nitrogen and oxygen atoms in total. The van der Waals surface area contributed by atoms with Crippen molar-refractivity contribution in [2.75, 3.05) is 13.1 Å². The first-order chi connectivity index (χ1) is 10.7. The number of carbonyl (C=O) groups is 1. The Morgan fingerprint density at radius 1 is 1.36 bits per heavy atom. The van der Waals surface area contributed by atoms with Gasteiger partial charge in [0, 0.05) is 30.6 Å². The van der Waals surface area contributed by atoms with Crippen LogP contribution in [0, 0.1) is 5.92 Å². The number of hydrogen-bond acceptors (Lipinski definition) is 3. The van der Waals surface area contributed by atoms with E-state index >= 15 is 0 Å². The molecule has 3 heterocycles. The average Bonchev–Trinajstić information content (AvgIpc) is 2.92. The number of carbonyl (C=O) groups excluding carboxylic acids is 1. The smallest absolute Gasteiger partial charge is 0.255 e. The summed E-state index contributed by atoms with van der Waals surface area (Å²) in [5.74, 6) is 0.581. The van der Waals surface area contributed by atoms with Gasteiger partial charge in [-0.3, -0.25) is 9.78 Å². The topological polar surface area (TPSA) is 42.4 Å². The van der Waals surface area contributed by atoms with Crippen LogP contribution in [0.25, 0.3) is 10.9 Å². The normalized spacial score (nSPS) is 27.9. The number of amides is 1. The summed E-state index contributed by atoms with van der Waals surface area (Å²) < 4.78 is 5.91. The van der Waals surface area contributed by atoms with Gasteiger partial charge in [0.1, 0.15) is 0 Å². The van der Waals surface area contributed by atoms with Gasteiger partial charge >= 0.3 is 0 Å². The van der Waals surface area contributed by atoms with Gasteiger partial charge in [0.25, 0.3) is 5.91 Å². The molecule has 0 radical (unpaired) electrons. The van der Waals surface area contributed by atoms with Crippen LogP contribution >= 0.6 is 0 Å². The molecule has 2 aromatic rings. The number of para-hydroxylation sites is 1. The van der Waals surface area contributed by atoms with E-state index in [2.05, 4.69) is 11.9 Å². The number of likely N-dealkylation sites (tertiary alicyclic amines) is 1. The molecule has 0 unspecified atom stereocenters. The predicted molar refractivity (Wildman–Crippen MR) is 84.7 cm³/mol. The van der Waals surface area contributed by atoms with Gasteiger partial charge in [0.05, 0.1) is 23.3 Å². The number of pyridine rings is 1. The number of hydrogen-bond donors (Lipinski definition) is 0. The van der Waals surface area contributed by atoms with E-state index in [-0.39, 0.29) is 5.91 Å². The predicted octanol–water partition coefficient (Wildman–Crippen LogP) is 2.87. The molecule has 114 valence electrons. The van der Waals surface area contributed by atoms with Gasteiger partial charge < -0.3 is 9.64 Å². The fraction of sp³-hybridized carbons (Fsp3) is 0.444. The number of rotatable bonds is 1. The second kappa shape index (κ2) is 5.36. The summed E-state index contributed by atoms with van der Waals surface area (Å²) in [6.07, 6.45) is 4.37. The first kappa shape index (κ1) is 13.7. The van der Waals surface area contributed by atoms with Crippen LogP contribution in [0.15, 0.2) is 36.5 Å². The monoisotopic (exact) mass is 296 g/mol. The van der Waals surface area contributed by atoms with E-state index in [9.17, 15) is 4.79 Å². The van der Waals surface area contributed by atoms with Crippen LogP contribution in [-0.4, -0.2) is 41.1 Å². The van der Waals surface area contributed by atoms with Crippen molar-refractivity contribution in [3.05, 3.63) is 42.1 Å². The van der Waals surface area contributed by atoms with Gasteiger partial charge in [-0.2, -0.15) is 0 Å². The minimum Gasteiger partial charge on any atom is -0.375 e. The molecule has 1 aromatic carbocycles. The van der Waals surface area contributed by atoms with E-state index in [1.165, 1.54) is 0 Å². The zero-order chi connectivity index (χ0) is 15.1. The highest BCUT2D eigenvalue weighted by Crippen LogP contribution is 2.33. The van der Waals surface area contributed by atoms with E-state index in [0.717, 1.165) is 36.8 Å². The van der Waals surface area contributed by atoms with Gasteiger partial charge in [-0.05, 0) is 31.9 Å². The molecular weight excluding hydrogens is 276 g/mol. The summed E-state index contributed by atoms with van der Waals surface area (Å²) >= 11 is 0. The molecule has 4 rings (SSSR count). The summed E-state index contributed by atoms with van der Waals surface area (Å²) in [5.41, 5.74) is 1.61. The van der Waals surface area contributed by atoms with E-state index < -0.39 is 0 Å². The minimum absolute atomic E-state index is 0.0938. The molecule has 0 spiro atoms. The van der Waals surface area contributed by atoms with Gasteiger partial charge in [0.15, 0.2) is 0 Å². The van der Waals surface area contributed by atoms with Crippen LogP contribution in [0.5, 0.6) is 0 Å². The molecule has 2 fully saturated rings. The van der Waals surface area contributed by atoms with Crippen LogP contribution < -0.4 is 0 Å². The molecule has 3 atom stereocenters. The van der Waals surface area contributed by atoms with Crippen molar-refractivity contribution in [1.29, 1.82) is 0 Å². The maximum absolute atomic E-state index is 12.8. The zero-order valence-electron chi connectivity index (χ0n) is 12.7. The third-order valence-electron chi connectivity index (χ3n) is 4.83. The van der Waals surface area contributed by atoms with Gasteiger partial charge in [-0.15, -0.1) is 0 Å². The highest BCUT2D eigenvalue weighted by atomic mass is 16.5. The third kappa shape index (κ3) is 2.37. The Bertz CT molecular complexity index is 715.